The fourth-order valence-corrected chi connectivity index (χ4v) is 2.23. The van der Waals surface area contributed by atoms with Gasteiger partial charge in [-0.3, -0.25) is 4.79 Å². The van der Waals surface area contributed by atoms with Crippen LogP contribution >= 0.6 is 11.8 Å². The largest absolute Gasteiger partial charge is 0.379 e. The number of thioether (sulfide) groups is 1. The maximum absolute atomic E-state index is 11.8. The molecule has 0 aromatic carbocycles. The molecule has 2 atom stereocenters. The molecule has 1 fully saturated rings. The molecule has 1 aliphatic rings. The lowest BCUT2D eigenvalue weighted by atomic mass is 9.99. The number of ether oxygens (including phenoxy) is 1. The van der Waals surface area contributed by atoms with Gasteiger partial charge in [0.15, 0.2) is 0 Å². The van der Waals surface area contributed by atoms with E-state index < -0.39 is 5.54 Å². The highest BCUT2D eigenvalue weighted by Crippen LogP contribution is 2.15. The van der Waals surface area contributed by atoms with E-state index in [2.05, 4.69) is 18.5 Å². The van der Waals surface area contributed by atoms with Crippen molar-refractivity contribution in [2.24, 2.45) is 11.7 Å². The van der Waals surface area contributed by atoms with Gasteiger partial charge in [0.05, 0.1) is 6.61 Å². The lowest BCUT2D eigenvalue weighted by molar-refractivity contribution is -0.126. The normalized spacial score (nSPS) is 27.7. The van der Waals surface area contributed by atoms with Crippen molar-refractivity contribution < 1.29 is 9.53 Å². The van der Waals surface area contributed by atoms with Gasteiger partial charge in [-0.15, -0.1) is 0 Å². The quantitative estimate of drug-likeness (QED) is 0.712. The maximum Gasteiger partial charge on any atom is 0.242 e. The topological polar surface area (TPSA) is 64.4 Å². The Morgan fingerprint density at radius 2 is 2.47 bits per heavy atom. The second-order valence-electron chi connectivity index (χ2n) is 4.23. The van der Waals surface area contributed by atoms with Crippen molar-refractivity contribution in [1.82, 2.24) is 5.32 Å². The molecule has 0 aromatic rings. The first kappa shape index (κ1) is 12.8. The maximum atomic E-state index is 11.8. The van der Waals surface area contributed by atoms with Crippen LogP contribution in [0.25, 0.3) is 0 Å². The molecule has 0 aliphatic carbocycles. The van der Waals surface area contributed by atoms with Crippen LogP contribution in [-0.2, 0) is 9.53 Å². The van der Waals surface area contributed by atoms with Crippen LogP contribution in [0.5, 0.6) is 0 Å². The highest BCUT2D eigenvalue weighted by atomic mass is 32.2. The molecule has 15 heavy (non-hydrogen) atoms. The Bertz CT molecular complexity index is 217. The zero-order chi connectivity index (χ0) is 11.3. The average Bonchev–Trinajstić information content (AvgIpc) is 2.63. The second-order valence-corrected chi connectivity index (χ2v) is 5.14. The summed E-state index contributed by atoms with van der Waals surface area (Å²) in [6.45, 7) is 3.74. The first-order valence-electron chi connectivity index (χ1n) is 5.22. The predicted molar refractivity (Wildman–Crippen MR) is 62.9 cm³/mol. The van der Waals surface area contributed by atoms with Crippen molar-refractivity contribution in [3.63, 3.8) is 0 Å². The number of carbonyl (C=O) groups excluding carboxylic acids is 1. The molecule has 0 bridgehead atoms. The Hall–Kier alpha value is -0.260. The van der Waals surface area contributed by atoms with Crippen LogP contribution in [0.3, 0.4) is 0 Å². The molecule has 2 unspecified atom stereocenters. The Morgan fingerprint density at radius 3 is 3.00 bits per heavy atom. The Balaban J connectivity index is 2.29. The zero-order valence-corrected chi connectivity index (χ0v) is 10.2. The highest BCUT2D eigenvalue weighted by Gasteiger charge is 2.38. The summed E-state index contributed by atoms with van der Waals surface area (Å²) in [4.78, 5) is 11.8. The fraction of sp³-hybridized carbons (Fsp3) is 0.900. The molecule has 1 heterocycles. The summed E-state index contributed by atoms with van der Waals surface area (Å²) >= 11 is 1.79. The Morgan fingerprint density at radius 1 is 1.73 bits per heavy atom. The van der Waals surface area contributed by atoms with Crippen molar-refractivity contribution in [1.29, 1.82) is 0 Å². The molecular formula is C10H20N2O2S. The van der Waals surface area contributed by atoms with Crippen molar-refractivity contribution in [2.75, 3.05) is 31.8 Å². The lowest BCUT2D eigenvalue weighted by Gasteiger charge is -2.21. The number of carbonyl (C=O) groups is 1. The molecule has 1 amide bonds. The summed E-state index contributed by atoms with van der Waals surface area (Å²) in [5, 5.41) is 2.89. The summed E-state index contributed by atoms with van der Waals surface area (Å²) in [7, 11) is 0. The number of hydrogen-bond donors (Lipinski definition) is 2. The predicted octanol–water partition coefficient (Wildman–Crippen LogP) is 0.219. The number of hydrogen-bond acceptors (Lipinski definition) is 4. The van der Waals surface area contributed by atoms with E-state index in [0.29, 0.717) is 32.1 Å². The lowest BCUT2D eigenvalue weighted by Crippen LogP contribution is -2.55. The van der Waals surface area contributed by atoms with Crippen LogP contribution in [0.4, 0.5) is 0 Å². The molecule has 0 aromatic heterocycles. The van der Waals surface area contributed by atoms with Gasteiger partial charge in [-0.25, -0.2) is 0 Å². The van der Waals surface area contributed by atoms with Gasteiger partial charge in [0.2, 0.25) is 5.91 Å². The van der Waals surface area contributed by atoms with Gasteiger partial charge in [-0.2, -0.15) is 11.8 Å². The minimum absolute atomic E-state index is 0.0760. The summed E-state index contributed by atoms with van der Waals surface area (Å²) in [5.74, 6) is 1.46. The second kappa shape index (κ2) is 5.72. The third-order valence-corrected chi connectivity index (χ3v) is 3.47. The molecule has 3 N–H and O–H groups in total. The van der Waals surface area contributed by atoms with Gasteiger partial charge in [-0.1, -0.05) is 6.92 Å². The third kappa shape index (κ3) is 3.66. The van der Waals surface area contributed by atoms with E-state index in [1.54, 1.807) is 11.8 Å². The summed E-state index contributed by atoms with van der Waals surface area (Å²) < 4.78 is 5.15. The van der Waals surface area contributed by atoms with E-state index in [0.717, 1.165) is 5.75 Å². The van der Waals surface area contributed by atoms with Crippen molar-refractivity contribution in [3.8, 4) is 0 Å². The molecule has 88 valence electrons. The SMILES string of the molecule is CSCC(C)CNC(=O)C1(N)CCOC1. The van der Waals surface area contributed by atoms with E-state index in [9.17, 15) is 4.79 Å². The number of nitrogens with one attached hydrogen (secondary N) is 1. The van der Waals surface area contributed by atoms with E-state index in [-0.39, 0.29) is 5.91 Å². The molecule has 0 radical (unpaired) electrons. The minimum Gasteiger partial charge on any atom is -0.379 e. The first-order chi connectivity index (χ1) is 7.08. The van der Waals surface area contributed by atoms with Crippen LogP contribution in [-0.4, -0.2) is 43.2 Å². The zero-order valence-electron chi connectivity index (χ0n) is 9.41. The van der Waals surface area contributed by atoms with Gasteiger partial charge in [-0.05, 0) is 24.3 Å². The van der Waals surface area contributed by atoms with Crippen molar-refractivity contribution in [2.45, 2.75) is 18.9 Å². The first-order valence-corrected chi connectivity index (χ1v) is 6.62. The highest BCUT2D eigenvalue weighted by molar-refractivity contribution is 7.98. The monoisotopic (exact) mass is 232 g/mol. The van der Waals surface area contributed by atoms with E-state index in [1.807, 2.05) is 0 Å². The number of rotatable bonds is 5. The molecule has 0 saturated carbocycles. The minimum atomic E-state index is -0.793. The van der Waals surface area contributed by atoms with Gasteiger partial charge >= 0.3 is 0 Å². The molecule has 1 rings (SSSR count). The number of nitrogens with two attached hydrogens (primary N) is 1. The van der Waals surface area contributed by atoms with Gasteiger partial charge in [0.1, 0.15) is 5.54 Å². The average molecular weight is 232 g/mol. The molecular weight excluding hydrogens is 212 g/mol. The summed E-state index contributed by atoms with van der Waals surface area (Å²) in [6.07, 6.45) is 2.68. The van der Waals surface area contributed by atoms with Crippen LogP contribution in [0.1, 0.15) is 13.3 Å². The summed E-state index contributed by atoms with van der Waals surface area (Å²) in [5.41, 5.74) is 5.13. The molecule has 1 saturated heterocycles. The van der Waals surface area contributed by atoms with Gasteiger partial charge in [0.25, 0.3) is 0 Å². The molecule has 5 heteroatoms. The molecule has 1 aliphatic heterocycles. The van der Waals surface area contributed by atoms with Crippen LogP contribution in [0.2, 0.25) is 0 Å². The van der Waals surface area contributed by atoms with Crippen molar-refractivity contribution in [3.05, 3.63) is 0 Å². The van der Waals surface area contributed by atoms with Crippen LogP contribution < -0.4 is 11.1 Å². The van der Waals surface area contributed by atoms with Crippen LogP contribution in [0.15, 0.2) is 0 Å². The van der Waals surface area contributed by atoms with E-state index in [4.69, 9.17) is 10.5 Å². The molecule has 0 spiro atoms. The standard InChI is InChI=1S/C10H20N2O2S/c1-8(6-15-2)5-12-9(13)10(11)3-4-14-7-10/h8H,3-7,11H2,1-2H3,(H,12,13). The van der Waals surface area contributed by atoms with E-state index >= 15 is 0 Å². The van der Waals surface area contributed by atoms with Gasteiger partial charge in [0, 0.05) is 13.2 Å². The fourth-order valence-electron chi connectivity index (χ4n) is 1.55. The molecule has 4 nitrogen and oxygen atoms in total. The number of amides is 1. The van der Waals surface area contributed by atoms with Crippen molar-refractivity contribution >= 4 is 17.7 Å². The smallest absolute Gasteiger partial charge is 0.242 e. The summed E-state index contributed by atoms with van der Waals surface area (Å²) in [6, 6.07) is 0. The van der Waals surface area contributed by atoms with Crippen LogP contribution in [0, 0.1) is 5.92 Å². The van der Waals surface area contributed by atoms with Gasteiger partial charge < -0.3 is 15.8 Å². The third-order valence-electron chi connectivity index (χ3n) is 2.57. The Kier molecular flexibility index (Phi) is 4.89. The Labute approximate surface area is 95.3 Å². The van der Waals surface area contributed by atoms with E-state index in [1.165, 1.54) is 0 Å².